The van der Waals surface area contributed by atoms with Gasteiger partial charge in [0, 0.05) is 13.1 Å². The normalized spacial score (nSPS) is 10.6. The summed E-state index contributed by atoms with van der Waals surface area (Å²) in [6.45, 7) is 2.25. The molecule has 0 saturated carbocycles. The summed E-state index contributed by atoms with van der Waals surface area (Å²) in [6, 6.07) is 11.4. The van der Waals surface area contributed by atoms with Crippen molar-refractivity contribution in [2.75, 3.05) is 46.2 Å². The Hall–Kier alpha value is -2.67. The minimum absolute atomic E-state index is 0.197. The molecule has 0 spiro atoms. The van der Waals surface area contributed by atoms with E-state index < -0.39 is 0 Å². The van der Waals surface area contributed by atoms with Crippen molar-refractivity contribution in [1.29, 1.82) is 0 Å². The van der Waals surface area contributed by atoms with Crippen LogP contribution in [-0.2, 0) is 6.42 Å². The molecular formula is C19H27N5O2. The van der Waals surface area contributed by atoms with Crippen molar-refractivity contribution < 1.29 is 9.53 Å². The van der Waals surface area contributed by atoms with E-state index in [9.17, 15) is 4.79 Å². The number of hydrogen-bond donors (Lipinski definition) is 2. The third kappa shape index (κ3) is 6.33. The van der Waals surface area contributed by atoms with Crippen LogP contribution < -0.4 is 15.4 Å². The maximum absolute atomic E-state index is 12.0. The van der Waals surface area contributed by atoms with E-state index in [0.29, 0.717) is 24.6 Å². The number of carbonyl (C=O) groups is 1. The van der Waals surface area contributed by atoms with Gasteiger partial charge in [-0.3, -0.25) is 4.79 Å². The summed E-state index contributed by atoms with van der Waals surface area (Å²) in [5, 5.41) is 14.1. The molecule has 1 aromatic heterocycles. The van der Waals surface area contributed by atoms with Gasteiger partial charge in [-0.2, -0.15) is 0 Å². The van der Waals surface area contributed by atoms with Gasteiger partial charge >= 0.3 is 0 Å². The summed E-state index contributed by atoms with van der Waals surface area (Å²) in [5.41, 5.74) is 1.45. The second-order valence-corrected chi connectivity index (χ2v) is 6.21. The standard InChI is InChI=1S/C19H27N5O2/c1-24(2)14-6-12-21-19(25)16-9-10-18(23-22-16)20-13-11-15-7-4-5-8-17(15)26-3/h4-5,7-10H,6,11-14H2,1-3H3,(H,20,23)(H,21,25). The van der Waals surface area contributed by atoms with Crippen LogP contribution in [-0.4, -0.2) is 61.8 Å². The predicted octanol–water partition coefficient (Wildman–Crippen LogP) is 1.82. The zero-order valence-corrected chi connectivity index (χ0v) is 15.7. The zero-order chi connectivity index (χ0) is 18.8. The first-order chi connectivity index (χ1) is 12.6. The highest BCUT2D eigenvalue weighted by Gasteiger charge is 2.08. The smallest absolute Gasteiger partial charge is 0.271 e. The van der Waals surface area contributed by atoms with E-state index in [4.69, 9.17) is 4.74 Å². The number of amides is 1. The van der Waals surface area contributed by atoms with Crippen LogP contribution in [0.25, 0.3) is 0 Å². The largest absolute Gasteiger partial charge is 0.496 e. The Labute approximate surface area is 154 Å². The van der Waals surface area contributed by atoms with Gasteiger partial charge in [0.05, 0.1) is 7.11 Å². The fourth-order valence-corrected chi connectivity index (χ4v) is 2.47. The number of nitrogens with one attached hydrogen (secondary N) is 2. The van der Waals surface area contributed by atoms with Crippen LogP contribution in [0.4, 0.5) is 5.82 Å². The van der Waals surface area contributed by atoms with Gasteiger partial charge in [0.15, 0.2) is 5.69 Å². The average molecular weight is 357 g/mol. The summed E-state index contributed by atoms with van der Waals surface area (Å²) in [7, 11) is 5.68. The maximum atomic E-state index is 12.0. The Kier molecular flexibility index (Phi) is 7.82. The summed E-state index contributed by atoms with van der Waals surface area (Å²) in [6.07, 6.45) is 1.70. The van der Waals surface area contributed by atoms with Crippen LogP contribution in [0.15, 0.2) is 36.4 Å². The molecule has 7 heteroatoms. The lowest BCUT2D eigenvalue weighted by molar-refractivity contribution is 0.0946. The third-order valence-electron chi connectivity index (χ3n) is 3.86. The van der Waals surface area contributed by atoms with Crippen molar-refractivity contribution >= 4 is 11.7 Å². The highest BCUT2D eigenvalue weighted by molar-refractivity contribution is 5.92. The molecule has 0 saturated heterocycles. The molecule has 2 aromatic rings. The molecule has 0 radical (unpaired) electrons. The lowest BCUT2D eigenvalue weighted by atomic mass is 10.1. The fraction of sp³-hybridized carbons (Fsp3) is 0.421. The number of benzene rings is 1. The Morgan fingerprint density at radius 1 is 1.12 bits per heavy atom. The Balaban J connectivity index is 1.77. The van der Waals surface area contributed by atoms with E-state index >= 15 is 0 Å². The quantitative estimate of drug-likeness (QED) is 0.632. The Morgan fingerprint density at radius 2 is 1.92 bits per heavy atom. The van der Waals surface area contributed by atoms with Crippen molar-refractivity contribution in [1.82, 2.24) is 20.4 Å². The monoisotopic (exact) mass is 357 g/mol. The minimum Gasteiger partial charge on any atom is -0.496 e. The molecule has 0 unspecified atom stereocenters. The van der Waals surface area contributed by atoms with Crippen molar-refractivity contribution in [2.45, 2.75) is 12.8 Å². The predicted molar refractivity (Wildman–Crippen MR) is 103 cm³/mol. The Morgan fingerprint density at radius 3 is 2.62 bits per heavy atom. The van der Waals surface area contributed by atoms with Crippen LogP contribution in [0.1, 0.15) is 22.5 Å². The van der Waals surface area contributed by atoms with E-state index in [0.717, 1.165) is 30.7 Å². The first kappa shape index (κ1) is 19.7. The molecule has 0 aliphatic heterocycles. The van der Waals surface area contributed by atoms with Crippen LogP contribution in [0, 0.1) is 0 Å². The summed E-state index contributed by atoms with van der Waals surface area (Å²) in [5.74, 6) is 1.32. The third-order valence-corrected chi connectivity index (χ3v) is 3.86. The minimum atomic E-state index is -0.197. The van der Waals surface area contributed by atoms with Crippen molar-refractivity contribution in [3.05, 3.63) is 47.7 Å². The first-order valence-corrected chi connectivity index (χ1v) is 8.72. The first-order valence-electron chi connectivity index (χ1n) is 8.72. The van der Waals surface area contributed by atoms with Gasteiger partial charge in [0.25, 0.3) is 5.91 Å². The number of nitrogens with zero attached hydrogens (tertiary/aromatic N) is 3. The van der Waals surface area contributed by atoms with E-state index in [1.165, 1.54) is 0 Å². The SMILES string of the molecule is COc1ccccc1CCNc1ccc(C(=O)NCCCN(C)C)nn1. The summed E-state index contributed by atoms with van der Waals surface area (Å²) in [4.78, 5) is 14.1. The van der Waals surface area contributed by atoms with Crippen molar-refractivity contribution in [2.24, 2.45) is 0 Å². The fourth-order valence-electron chi connectivity index (χ4n) is 2.47. The average Bonchev–Trinajstić information content (AvgIpc) is 2.66. The molecule has 26 heavy (non-hydrogen) atoms. The molecule has 1 heterocycles. The van der Waals surface area contributed by atoms with Crippen LogP contribution in [0.5, 0.6) is 5.75 Å². The van der Waals surface area contributed by atoms with Crippen LogP contribution in [0.2, 0.25) is 0 Å². The van der Waals surface area contributed by atoms with Crippen molar-refractivity contribution in [3.63, 3.8) is 0 Å². The molecule has 2 rings (SSSR count). The number of rotatable bonds is 10. The molecule has 0 aliphatic carbocycles. The number of aromatic nitrogens is 2. The molecule has 0 atom stereocenters. The van der Waals surface area contributed by atoms with Gasteiger partial charge in [-0.25, -0.2) is 0 Å². The highest BCUT2D eigenvalue weighted by Crippen LogP contribution is 2.17. The molecule has 0 bridgehead atoms. The second-order valence-electron chi connectivity index (χ2n) is 6.21. The van der Waals surface area contributed by atoms with Gasteiger partial charge in [-0.1, -0.05) is 18.2 Å². The number of carbonyl (C=O) groups excluding carboxylic acids is 1. The van der Waals surface area contributed by atoms with Gasteiger partial charge in [-0.05, 0) is 57.2 Å². The molecule has 1 amide bonds. The number of anilines is 1. The lowest BCUT2D eigenvalue weighted by Gasteiger charge is -2.10. The van der Waals surface area contributed by atoms with Gasteiger partial charge in [0.1, 0.15) is 11.6 Å². The molecule has 2 N–H and O–H groups in total. The van der Waals surface area contributed by atoms with Gasteiger partial charge < -0.3 is 20.3 Å². The van der Waals surface area contributed by atoms with E-state index in [1.807, 2.05) is 38.4 Å². The molecule has 0 aliphatic rings. The topological polar surface area (TPSA) is 79.4 Å². The zero-order valence-electron chi connectivity index (χ0n) is 15.7. The van der Waals surface area contributed by atoms with Gasteiger partial charge in [-0.15, -0.1) is 10.2 Å². The number of ether oxygens (including phenoxy) is 1. The maximum Gasteiger partial charge on any atom is 0.271 e. The number of methoxy groups -OCH3 is 1. The van der Waals surface area contributed by atoms with Crippen LogP contribution in [0.3, 0.4) is 0 Å². The van der Waals surface area contributed by atoms with E-state index in [1.54, 1.807) is 19.2 Å². The number of hydrogen-bond acceptors (Lipinski definition) is 6. The number of para-hydroxylation sites is 1. The van der Waals surface area contributed by atoms with Crippen molar-refractivity contribution in [3.8, 4) is 5.75 Å². The molecule has 0 fully saturated rings. The lowest BCUT2D eigenvalue weighted by Crippen LogP contribution is -2.28. The second kappa shape index (κ2) is 10.4. The van der Waals surface area contributed by atoms with Crippen LogP contribution >= 0.6 is 0 Å². The molecule has 1 aromatic carbocycles. The molecular weight excluding hydrogens is 330 g/mol. The highest BCUT2D eigenvalue weighted by atomic mass is 16.5. The summed E-state index contributed by atoms with van der Waals surface area (Å²) >= 11 is 0. The molecule has 140 valence electrons. The Bertz CT molecular complexity index is 689. The molecule has 7 nitrogen and oxygen atoms in total. The van der Waals surface area contributed by atoms with E-state index in [-0.39, 0.29) is 5.91 Å². The van der Waals surface area contributed by atoms with E-state index in [2.05, 4.69) is 25.7 Å². The van der Waals surface area contributed by atoms with Gasteiger partial charge in [0.2, 0.25) is 0 Å². The summed E-state index contributed by atoms with van der Waals surface area (Å²) < 4.78 is 5.34.